The zero-order chi connectivity index (χ0) is 11.4. The molecule has 0 spiro atoms. The number of nitrogens with zero attached hydrogens (tertiary/aromatic N) is 1. The number of rotatable bonds is 3. The molecule has 1 aromatic carbocycles. The van der Waals surface area contributed by atoms with Gasteiger partial charge in [-0.3, -0.25) is 4.90 Å². The summed E-state index contributed by atoms with van der Waals surface area (Å²) >= 11 is 5.87. The number of benzene rings is 1. The molecule has 2 nitrogen and oxygen atoms in total. The Kier molecular flexibility index (Phi) is 4.22. The van der Waals surface area contributed by atoms with Crippen LogP contribution in [0.2, 0.25) is 5.02 Å². The molecule has 1 heterocycles. The van der Waals surface area contributed by atoms with E-state index in [0.717, 1.165) is 23.7 Å². The number of likely N-dealkylation sites (tertiary alicyclic amines) is 1. The first-order valence-corrected chi connectivity index (χ1v) is 6.29. The standard InChI is InChI=1S/C13H18ClNO/c14-12-6-4-11(5-7-12)13(10-16)15-8-2-1-3-9-15/h4-7,13,16H,1-3,8-10H2/t13-/m1/s1. The molecule has 1 N–H and O–H groups in total. The average molecular weight is 240 g/mol. The summed E-state index contributed by atoms with van der Waals surface area (Å²) in [6.45, 7) is 2.36. The lowest BCUT2D eigenvalue weighted by molar-refractivity contribution is 0.104. The fraction of sp³-hybridized carbons (Fsp3) is 0.538. The summed E-state index contributed by atoms with van der Waals surface area (Å²) in [5, 5.41) is 10.3. The normalized spacial score (nSPS) is 19.6. The number of aliphatic hydroxyl groups excluding tert-OH is 1. The summed E-state index contributed by atoms with van der Waals surface area (Å²) in [5.74, 6) is 0. The first-order chi connectivity index (χ1) is 7.81. The van der Waals surface area contributed by atoms with E-state index in [1.807, 2.05) is 24.3 Å². The van der Waals surface area contributed by atoms with Gasteiger partial charge >= 0.3 is 0 Å². The minimum absolute atomic E-state index is 0.137. The Morgan fingerprint density at radius 2 is 1.75 bits per heavy atom. The minimum atomic E-state index is 0.137. The Labute approximate surface area is 102 Å². The van der Waals surface area contributed by atoms with Crippen LogP contribution in [0, 0.1) is 0 Å². The van der Waals surface area contributed by atoms with Gasteiger partial charge in [-0.15, -0.1) is 0 Å². The molecule has 3 heteroatoms. The quantitative estimate of drug-likeness (QED) is 0.877. The van der Waals surface area contributed by atoms with E-state index in [2.05, 4.69) is 4.90 Å². The van der Waals surface area contributed by atoms with Gasteiger partial charge < -0.3 is 5.11 Å². The summed E-state index contributed by atoms with van der Waals surface area (Å²) in [5.41, 5.74) is 1.16. The van der Waals surface area contributed by atoms with Crippen LogP contribution in [-0.2, 0) is 0 Å². The van der Waals surface area contributed by atoms with Crippen molar-refractivity contribution in [3.05, 3.63) is 34.9 Å². The van der Waals surface area contributed by atoms with Gasteiger partial charge in [0.1, 0.15) is 0 Å². The number of hydrogen-bond donors (Lipinski definition) is 1. The van der Waals surface area contributed by atoms with Crippen LogP contribution in [0.4, 0.5) is 0 Å². The molecule has 2 rings (SSSR count). The molecule has 1 fully saturated rings. The molecule has 1 saturated heterocycles. The van der Waals surface area contributed by atoms with Gasteiger partial charge in [0.2, 0.25) is 0 Å². The molecule has 1 aliphatic rings. The van der Waals surface area contributed by atoms with Gasteiger partial charge in [-0.2, -0.15) is 0 Å². The highest BCUT2D eigenvalue weighted by Crippen LogP contribution is 2.25. The molecule has 1 aromatic rings. The van der Waals surface area contributed by atoms with Crippen LogP contribution < -0.4 is 0 Å². The minimum Gasteiger partial charge on any atom is -0.394 e. The van der Waals surface area contributed by atoms with Crippen LogP contribution in [0.1, 0.15) is 30.9 Å². The summed E-state index contributed by atoms with van der Waals surface area (Å²) in [6, 6.07) is 7.94. The van der Waals surface area contributed by atoms with Crippen LogP contribution in [0.3, 0.4) is 0 Å². The fourth-order valence-corrected chi connectivity index (χ4v) is 2.47. The molecule has 88 valence electrons. The second-order valence-electron chi connectivity index (χ2n) is 4.35. The van der Waals surface area contributed by atoms with Crippen molar-refractivity contribution >= 4 is 11.6 Å². The van der Waals surface area contributed by atoms with E-state index in [1.54, 1.807) is 0 Å². The van der Waals surface area contributed by atoms with Crippen LogP contribution in [-0.4, -0.2) is 29.7 Å². The van der Waals surface area contributed by atoms with Crippen molar-refractivity contribution in [3.63, 3.8) is 0 Å². The maximum absolute atomic E-state index is 9.53. The highest BCUT2D eigenvalue weighted by atomic mass is 35.5. The third-order valence-corrected chi connectivity index (χ3v) is 3.51. The van der Waals surface area contributed by atoms with Crippen molar-refractivity contribution in [2.75, 3.05) is 19.7 Å². The molecular formula is C13H18ClNO. The molecular weight excluding hydrogens is 222 g/mol. The number of aliphatic hydroxyl groups is 1. The van der Waals surface area contributed by atoms with E-state index in [4.69, 9.17) is 11.6 Å². The molecule has 0 unspecified atom stereocenters. The van der Waals surface area contributed by atoms with Crippen molar-refractivity contribution in [2.45, 2.75) is 25.3 Å². The maximum atomic E-state index is 9.53. The fourth-order valence-electron chi connectivity index (χ4n) is 2.35. The van der Waals surface area contributed by atoms with Crippen molar-refractivity contribution < 1.29 is 5.11 Å². The van der Waals surface area contributed by atoms with Crippen molar-refractivity contribution in [3.8, 4) is 0 Å². The molecule has 1 aliphatic heterocycles. The van der Waals surface area contributed by atoms with E-state index in [1.165, 1.54) is 19.3 Å². The average Bonchev–Trinajstić information content (AvgIpc) is 2.34. The highest BCUT2D eigenvalue weighted by Gasteiger charge is 2.21. The molecule has 0 bridgehead atoms. The summed E-state index contributed by atoms with van der Waals surface area (Å²) in [7, 11) is 0. The molecule has 0 saturated carbocycles. The van der Waals surface area contributed by atoms with Gasteiger partial charge in [0, 0.05) is 5.02 Å². The van der Waals surface area contributed by atoms with Crippen LogP contribution >= 0.6 is 11.6 Å². The van der Waals surface area contributed by atoms with Gasteiger partial charge in [-0.1, -0.05) is 30.2 Å². The highest BCUT2D eigenvalue weighted by molar-refractivity contribution is 6.30. The van der Waals surface area contributed by atoms with E-state index < -0.39 is 0 Å². The van der Waals surface area contributed by atoms with E-state index in [9.17, 15) is 5.11 Å². The van der Waals surface area contributed by atoms with E-state index in [-0.39, 0.29) is 12.6 Å². The van der Waals surface area contributed by atoms with Gasteiger partial charge in [-0.25, -0.2) is 0 Å². The van der Waals surface area contributed by atoms with Crippen molar-refractivity contribution in [2.24, 2.45) is 0 Å². The third kappa shape index (κ3) is 2.76. The third-order valence-electron chi connectivity index (χ3n) is 3.26. The number of piperidine rings is 1. The Morgan fingerprint density at radius 1 is 1.12 bits per heavy atom. The Balaban J connectivity index is 2.11. The second-order valence-corrected chi connectivity index (χ2v) is 4.78. The molecule has 0 amide bonds. The smallest absolute Gasteiger partial charge is 0.0628 e. The second kappa shape index (κ2) is 5.67. The SMILES string of the molecule is OC[C@H](c1ccc(Cl)cc1)N1CCCCC1. The Morgan fingerprint density at radius 3 is 2.31 bits per heavy atom. The van der Waals surface area contributed by atoms with Crippen LogP contribution in [0.25, 0.3) is 0 Å². The number of hydrogen-bond acceptors (Lipinski definition) is 2. The van der Waals surface area contributed by atoms with Crippen molar-refractivity contribution in [1.82, 2.24) is 4.90 Å². The van der Waals surface area contributed by atoms with Gasteiger partial charge in [0.25, 0.3) is 0 Å². The van der Waals surface area contributed by atoms with Gasteiger partial charge in [0.05, 0.1) is 12.6 Å². The topological polar surface area (TPSA) is 23.5 Å². The largest absolute Gasteiger partial charge is 0.394 e. The summed E-state index contributed by atoms with van der Waals surface area (Å²) in [4.78, 5) is 2.37. The van der Waals surface area contributed by atoms with E-state index >= 15 is 0 Å². The summed E-state index contributed by atoms with van der Waals surface area (Å²) in [6.07, 6.45) is 3.80. The zero-order valence-corrected chi connectivity index (χ0v) is 10.2. The molecule has 1 atom stereocenters. The first-order valence-electron chi connectivity index (χ1n) is 5.91. The van der Waals surface area contributed by atoms with Crippen LogP contribution in [0.5, 0.6) is 0 Å². The Bertz CT molecular complexity index is 319. The monoisotopic (exact) mass is 239 g/mol. The maximum Gasteiger partial charge on any atom is 0.0628 e. The molecule has 0 radical (unpaired) electrons. The summed E-state index contributed by atoms with van der Waals surface area (Å²) < 4.78 is 0. The molecule has 0 aliphatic carbocycles. The lowest BCUT2D eigenvalue weighted by atomic mass is 10.0. The predicted octanol–water partition coefficient (Wildman–Crippen LogP) is 2.86. The van der Waals surface area contributed by atoms with Crippen LogP contribution in [0.15, 0.2) is 24.3 Å². The predicted molar refractivity (Wildman–Crippen MR) is 66.7 cm³/mol. The zero-order valence-electron chi connectivity index (χ0n) is 9.40. The van der Waals surface area contributed by atoms with Crippen molar-refractivity contribution in [1.29, 1.82) is 0 Å². The first kappa shape index (κ1) is 11.9. The lowest BCUT2D eigenvalue weighted by Gasteiger charge is -2.33. The van der Waals surface area contributed by atoms with Gasteiger partial charge in [0.15, 0.2) is 0 Å². The Hall–Kier alpha value is -0.570. The van der Waals surface area contributed by atoms with E-state index in [0.29, 0.717) is 0 Å². The number of halogens is 1. The molecule has 0 aromatic heterocycles. The molecule has 16 heavy (non-hydrogen) atoms. The van der Waals surface area contributed by atoms with Gasteiger partial charge in [-0.05, 0) is 43.6 Å². The lowest BCUT2D eigenvalue weighted by Crippen LogP contribution is -2.35.